The highest BCUT2D eigenvalue weighted by molar-refractivity contribution is 7.83. The Morgan fingerprint density at radius 3 is 2.52 bits per heavy atom. The number of hydrogen-bond donors (Lipinski definition) is 1. The summed E-state index contributed by atoms with van der Waals surface area (Å²) in [6.07, 6.45) is 1.63. The third-order valence-electron chi connectivity index (χ3n) is 2.93. The molecule has 21 heavy (non-hydrogen) atoms. The number of benzene rings is 2. The first kappa shape index (κ1) is 15.4. The predicted molar refractivity (Wildman–Crippen MR) is 81.8 cm³/mol. The van der Waals surface area contributed by atoms with Gasteiger partial charge in [0, 0.05) is 34.9 Å². The number of amides is 1. The van der Waals surface area contributed by atoms with E-state index in [2.05, 4.69) is 5.32 Å². The number of hydrogen-bond acceptors (Lipinski definition) is 2. The van der Waals surface area contributed by atoms with Gasteiger partial charge >= 0.3 is 0 Å². The molecular formula is C16H16FNO2S. The number of carbonyl (C=O) groups excluding carboxylic acids is 1. The lowest BCUT2D eigenvalue weighted by Crippen LogP contribution is -2.22. The summed E-state index contributed by atoms with van der Waals surface area (Å²) >= 11 is 0. The van der Waals surface area contributed by atoms with Crippen molar-refractivity contribution in [2.75, 3.05) is 6.26 Å². The van der Waals surface area contributed by atoms with E-state index in [1.807, 2.05) is 6.07 Å². The average molecular weight is 305 g/mol. The van der Waals surface area contributed by atoms with Crippen molar-refractivity contribution < 1.29 is 13.4 Å². The lowest BCUT2D eigenvalue weighted by Gasteiger charge is -2.07. The summed E-state index contributed by atoms with van der Waals surface area (Å²) in [7, 11) is -0.941. The SMILES string of the molecule is CS(=O)Cc1cccc(C(=O)NCc2ccc(F)cc2)c1. The van der Waals surface area contributed by atoms with Crippen molar-refractivity contribution in [3.8, 4) is 0 Å². The van der Waals surface area contributed by atoms with Gasteiger partial charge in [-0.15, -0.1) is 0 Å². The molecule has 0 spiro atoms. The normalized spacial score (nSPS) is 11.9. The van der Waals surface area contributed by atoms with Crippen LogP contribution in [0.25, 0.3) is 0 Å². The molecule has 1 N–H and O–H groups in total. The molecule has 0 bridgehead atoms. The van der Waals surface area contributed by atoms with Gasteiger partial charge in [0.15, 0.2) is 0 Å². The minimum absolute atomic E-state index is 0.205. The number of carbonyl (C=O) groups is 1. The number of halogens is 1. The highest BCUT2D eigenvalue weighted by Gasteiger charge is 2.07. The quantitative estimate of drug-likeness (QED) is 0.923. The fourth-order valence-electron chi connectivity index (χ4n) is 1.92. The molecule has 0 aromatic heterocycles. The fourth-order valence-corrected chi connectivity index (χ4v) is 2.57. The lowest BCUT2D eigenvalue weighted by molar-refractivity contribution is 0.0951. The topological polar surface area (TPSA) is 46.2 Å². The monoisotopic (exact) mass is 305 g/mol. The van der Waals surface area contributed by atoms with Crippen LogP contribution in [0.15, 0.2) is 48.5 Å². The predicted octanol–water partition coefficient (Wildman–Crippen LogP) is 2.63. The molecule has 0 aliphatic heterocycles. The Morgan fingerprint density at radius 2 is 1.86 bits per heavy atom. The van der Waals surface area contributed by atoms with Crippen LogP contribution in [-0.4, -0.2) is 16.4 Å². The molecule has 2 aromatic carbocycles. The van der Waals surface area contributed by atoms with Crippen LogP contribution in [0.4, 0.5) is 4.39 Å². The minimum Gasteiger partial charge on any atom is -0.348 e. The van der Waals surface area contributed by atoms with E-state index in [1.165, 1.54) is 12.1 Å². The van der Waals surface area contributed by atoms with Crippen molar-refractivity contribution in [3.63, 3.8) is 0 Å². The third kappa shape index (κ3) is 4.79. The van der Waals surface area contributed by atoms with Gasteiger partial charge in [-0.25, -0.2) is 4.39 Å². The average Bonchev–Trinajstić information content (AvgIpc) is 2.46. The summed E-state index contributed by atoms with van der Waals surface area (Å²) in [6, 6.07) is 13.0. The number of rotatable bonds is 5. The Balaban J connectivity index is 1.99. The molecule has 1 atom stereocenters. The largest absolute Gasteiger partial charge is 0.348 e. The molecular weight excluding hydrogens is 289 g/mol. The highest BCUT2D eigenvalue weighted by atomic mass is 32.2. The van der Waals surface area contributed by atoms with Crippen molar-refractivity contribution >= 4 is 16.7 Å². The summed E-state index contributed by atoms with van der Waals surface area (Å²) in [6.45, 7) is 0.336. The third-order valence-corrected chi connectivity index (χ3v) is 3.67. The maximum Gasteiger partial charge on any atom is 0.251 e. The fraction of sp³-hybridized carbons (Fsp3) is 0.188. The maximum atomic E-state index is 12.8. The maximum absolute atomic E-state index is 12.8. The van der Waals surface area contributed by atoms with Crippen LogP contribution in [0, 0.1) is 5.82 Å². The Bertz CT molecular complexity index is 656. The Hall–Kier alpha value is -2.01. The minimum atomic E-state index is -0.941. The smallest absolute Gasteiger partial charge is 0.251 e. The molecule has 3 nitrogen and oxygen atoms in total. The molecule has 0 saturated carbocycles. The Morgan fingerprint density at radius 1 is 1.14 bits per heavy atom. The van der Waals surface area contributed by atoms with Crippen molar-refractivity contribution in [2.24, 2.45) is 0 Å². The van der Waals surface area contributed by atoms with Gasteiger partial charge in [-0.2, -0.15) is 0 Å². The lowest BCUT2D eigenvalue weighted by atomic mass is 10.1. The molecule has 2 rings (SSSR count). The summed E-state index contributed by atoms with van der Waals surface area (Å²) < 4.78 is 24.0. The van der Waals surface area contributed by atoms with E-state index >= 15 is 0 Å². The molecule has 0 aliphatic rings. The molecule has 0 aliphatic carbocycles. The second-order valence-electron chi connectivity index (χ2n) is 4.73. The van der Waals surface area contributed by atoms with E-state index in [0.717, 1.165) is 11.1 Å². The molecule has 1 unspecified atom stereocenters. The van der Waals surface area contributed by atoms with Gasteiger partial charge in [0.05, 0.1) is 0 Å². The van der Waals surface area contributed by atoms with Crippen LogP contribution in [0.2, 0.25) is 0 Å². The van der Waals surface area contributed by atoms with Crippen LogP contribution in [0.5, 0.6) is 0 Å². The first-order valence-electron chi connectivity index (χ1n) is 6.46. The van der Waals surface area contributed by atoms with Gasteiger partial charge in [-0.3, -0.25) is 9.00 Å². The molecule has 1 amide bonds. The Labute approximate surface area is 125 Å². The first-order valence-corrected chi connectivity index (χ1v) is 8.19. The molecule has 5 heteroatoms. The van der Waals surface area contributed by atoms with Crippen molar-refractivity contribution in [2.45, 2.75) is 12.3 Å². The van der Waals surface area contributed by atoms with Gasteiger partial charge in [0.2, 0.25) is 0 Å². The van der Waals surface area contributed by atoms with E-state index in [4.69, 9.17) is 0 Å². The molecule has 0 saturated heterocycles. The first-order chi connectivity index (χ1) is 10.0. The van der Waals surface area contributed by atoms with E-state index in [1.54, 1.807) is 36.6 Å². The molecule has 0 heterocycles. The second-order valence-corrected chi connectivity index (χ2v) is 6.16. The van der Waals surface area contributed by atoms with Crippen LogP contribution < -0.4 is 5.32 Å². The van der Waals surface area contributed by atoms with Crippen molar-refractivity contribution in [1.82, 2.24) is 5.32 Å². The standard InChI is InChI=1S/C16H16FNO2S/c1-21(20)11-13-3-2-4-14(9-13)16(19)18-10-12-5-7-15(17)8-6-12/h2-9H,10-11H2,1H3,(H,18,19). The van der Waals surface area contributed by atoms with Gasteiger partial charge in [0.1, 0.15) is 5.82 Å². The molecule has 0 radical (unpaired) electrons. The summed E-state index contributed by atoms with van der Waals surface area (Å²) in [5.41, 5.74) is 2.22. The van der Waals surface area contributed by atoms with Crippen LogP contribution in [0.3, 0.4) is 0 Å². The molecule has 2 aromatic rings. The van der Waals surface area contributed by atoms with Crippen molar-refractivity contribution in [1.29, 1.82) is 0 Å². The van der Waals surface area contributed by atoms with Crippen LogP contribution >= 0.6 is 0 Å². The highest BCUT2D eigenvalue weighted by Crippen LogP contribution is 2.08. The second kappa shape index (κ2) is 7.13. The Kier molecular flexibility index (Phi) is 5.22. The van der Waals surface area contributed by atoms with Gasteiger partial charge in [0.25, 0.3) is 5.91 Å². The van der Waals surface area contributed by atoms with Gasteiger partial charge in [-0.05, 0) is 35.4 Å². The van der Waals surface area contributed by atoms with Gasteiger partial charge in [-0.1, -0.05) is 24.3 Å². The van der Waals surface area contributed by atoms with Gasteiger partial charge < -0.3 is 5.32 Å². The van der Waals surface area contributed by atoms with Crippen molar-refractivity contribution in [3.05, 3.63) is 71.0 Å². The zero-order valence-corrected chi connectivity index (χ0v) is 12.5. The molecule has 0 fully saturated rings. The van der Waals surface area contributed by atoms with E-state index in [-0.39, 0.29) is 11.7 Å². The zero-order chi connectivity index (χ0) is 15.2. The van der Waals surface area contributed by atoms with E-state index in [9.17, 15) is 13.4 Å². The van der Waals surface area contributed by atoms with E-state index < -0.39 is 10.8 Å². The van der Waals surface area contributed by atoms with Crippen LogP contribution in [-0.2, 0) is 23.1 Å². The van der Waals surface area contributed by atoms with Crippen LogP contribution in [0.1, 0.15) is 21.5 Å². The van der Waals surface area contributed by atoms with E-state index in [0.29, 0.717) is 17.9 Å². The summed E-state index contributed by atoms with van der Waals surface area (Å²) in [4.78, 5) is 12.1. The summed E-state index contributed by atoms with van der Waals surface area (Å²) in [5, 5.41) is 2.78. The molecule has 110 valence electrons. The number of nitrogens with one attached hydrogen (secondary N) is 1. The zero-order valence-electron chi connectivity index (χ0n) is 11.6. The summed E-state index contributed by atoms with van der Waals surface area (Å²) in [5.74, 6) is -0.0765.